The molecule has 1 saturated heterocycles. The van der Waals surface area contributed by atoms with E-state index in [1.54, 1.807) is 0 Å². The first kappa shape index (κ1) is 12.9. The predicted octanol–water partition coefficient (Wildman–Crippen LogP) is 4.01. The molecule has 0 saturated carbocycles. The van der Waals surface area contributed by atoms with Gasteiger partial charge in [-0.2, -0.15) is 0 Å². The molecule has 3 nitrogen and oxygen atoms in total. The number of nitrogens with zero attached hydrogens (tertiary/aromatic N) is 2. The molecule has 1 aromatic heterocycles. The number of hydrogen-bond acceptors (Lipinski definition) is 3. The second-order valence-corrected chi connectivity index (χ2v) is 5.93. The number of benzene rings is 1. The lowest BCUT2D eigenvalue weighted by molar-refractivity contribution is 0.325. The molecule has 1 aliphatic rings. The zero-order valence-corrected chi connectivity index (χ0v) is 12.6. The molecule has 0 N–H and O–H groups in total. The van der Waals surface area contributed by atoms with Crippen molar-refractivity contribution in [2.75, 3.05) is 13.1 Å². The molecule has 4 heteroatoms. The third-order valence-corrected chi connectivity index (χ3v) is 4.08. The fraction of sp³-hybridized carbons (Fsp3) is 0.400. The van der Waals surface area contributed by atoms with Gasteiger partial charge in [-0.15, -0.1) is 0 Å². The fourth-order valence-electron chi connectivity index (χ4n) is 2.44. The second kappa shape index (κ2) is 5.47. The molecule has 1 fully saturated rings. The Morgan fingerprint density at radius 2 is 1.89 bits per heavy atom. The van der Waals surface area contributed by atoms with Crippen LogP contribution in [0.5, 0.6) is 0 Å². The van der Waals surface area contributed by atoms with E-state index in [9.17, 15) is 0 Å². The summed E-state index contributed by atoms with van der Waals surface area (Å²) in [6, 6.07) is 8.06. The molecule has 1 aromatic carbocycles. The van der Waals surface area contributed by atoms with Crippen LogP contribution in [-0.2, 0) is 6.54 Å². The number of halogens is 1. The van der Waals surface area contributed by atoms with Gasteiger partial charge in [-0.1, -0.05) is 15.9 Å². The quantitative estimate of drug-likeness (QED) is 0.855. The highest BCUT2D eigenvalue weighted by molar-refractivity contribution is 9.10. The third kappa shape index (κ3) is 2.90. The van der Waals surface area contributed by atoms with Crippen molar-refractivity contribution >= 4 is 15.9 Å². The number of hydrogen-bond donors (Lipinski definition) is 0. The Bertz CT molecular complexity index is 556. The molecule has 2 heterocycles. The number of aryl methyl sites for hydroxylation is 1. The van der Waals surface area contributed by atoms with Gasteiger partial charge < -0.3 is 4.42 Å². The number of likely N-dealkylation sites (tertiary alicyclic amines) is 1. The van der Waals surface area contributed by atoms with Crippen LogP contribution in [0.2, 0.25) is 0 Å². The zero-order chi connectivity index (χ0) is 13.2. The SMILES string of the molecule is Cc1oc(-c2ccc(Br)cc2)nc1CN1CCCC1. The van der Waals surface area contributed by atoms with E-state index in [0.717, 1.165) is 33.9 Å². The Morgan fingerprint density at radius 3 is 2.58 bits per heavy atom. The van der Waals surface area contributed by atoms with Crippen LogP contribution in [0.1, 0.15) is 24.3 Å². The van der Waals surface area contributed by atoms with E-state index in [0.29, 0.717) is 0 Å². The molecule has 100 valence electrons. The summed E-state index contributed by atoms with van der Waals surface area (Å²) >= 11 is 3.44. The Morgan fingerprint density at radius 1 is 1.21 bits per heavy atom. The molecule has 0 spiro atoms. The summed E-state index contributed by atoms with van der Waals surface area (Å²) in [5.41, 5.74) is 2.10. The molecule has 0 amide bonds. The summed E-state index contributed by atoms with van der Waals surface area (Å²) in [5.74, 6) is 1.66. The highest BCUT2D eigenvalue weighted by atomic mass is 79.9. The van der Waals surface area contributed by atoms with Gasteiger partial charge in [0.25, 0.3) is 0 Å². The number of oxazole rings is 1. The molecule has 3 rings (SSSR count). The Balaban J connectivity index is 1.81. The average molecular weight is 321 g/mol. The lowest BCUT2D eigenvalue weighted by atomic mass is 10.2. The molecule has 0 atom stereocenters. The predicted molar refractivity (Wildman–Crippen MR) is 78.9 cm³/mol. The van der Waals surface area contributed by atoms with Crippen LogP contribution in [0, 0.1) is 6.92 Å². The first-order chi connectivity index (χ1) is 9.22. The van der Waals surface area contributed by atoms with Gasteiger partial charge in [0.2, 0.25) is 5.89 Å². The smallest absolute Gasteiger partial charge is 0.226 e. The van der Waals surface area contributed by atoms with Crippen molar-refractivity contribution < 1.29 is 4.42 Å². The van der Waals surface area contributed by atoms with E-state index in [1.165, 1.54) is 25.9 Å². The van der Waals surface area contributed by atoms with Crippen molar-refractivity contribution in [1.29, 1.82) is 0 Å². The minimum Gasteiger partial charge on any atom is -0.441 e. The summed E-state index contributed by atoms with van der Waals surface area (Å²) < 4.78 is 6.86. The van der Waals surface area contributed by atoms with Crippen molar-refractivity contribution in [2.45, 2.75) is 26.3 Å². The normalized spacial score (nSPS) is 16.1. The van der Waals surface area contributed by atoms with Crippen molar-refractivity contribution in [1.82, 2.24) is 9.88 Å². The van der Waals surface area contributed by atoms with Gasteiger partial charge >= 0.3 is 0 Å². The monoisotopic (exact) mass is 320 g/mol. The number of rotatable bonds is 3. The topological polar surface area (TPSA) is 29.3 Å². The molecule has 1 aliphatic heterocycles. The maximum absolute atomic E-state index is 5.80. The van der Waals surface area contributed by atoms with E-state index in [-0.39, 0.29) is 0 Å². The van der Waals surface area contributed by atoms with Crippen LogP contribution in [0.4, 0.5) is 0 Å². The zero-order valence-electron chi connectivity index (χ0n) is 11.0. The van der Waals surface area contributed by atoms with E-state index in [1.807, 2.05) is 31.2 Å². The van der Waals surface area contributed by atoms with Crippen LogP contribution < -0.4 is 0 Å². The summed E-state index contributed by atoms with van der Waals surface area (Å²) in [5, 5.41) is 0. The van der Waals surface area contributed by atoms with Gasteiger partial charge in [0.1, 0.15) is 5.76 Å². The van der Waals surface area contributed by atoms with Crippen LogP contribution in [0.25, 0.3) is 11.5 Å². The van der Waals surface area contributed by atoms with Gasteiger partial charge in [-0.3, -0.25) is 4.90 Å². The molecule has 0 bridgehead atoms. The Hall–Kier alpha value is -1.13. The minimum atomic E-state index is 0.721. The molecular weight excluding hydrogens is 304 g/mol. The van der Waals surface area contributed by atoms with Crippen LogP contribution in [0.3, 0.4) is 0 Å². The van der Waals surface area contributed by atoms with Crippen molar-refractivity contribution in [3.05, 3.63) is 40.2 Å². The van der Waals surface area contributed by atoms with Crippen molar-refractivity contribution in [3.63, 3.8) is 0 Å². The Kier molecular flexibility index (Phi) is 3.71. The molecule has 0 aliphatic carbocycles. The highest BCUT2D eigenvalue weighted by Crippen LogP contribution is 2.24. The summed E-state index contributed by atoms with van der Waals surface area (Å²) in [4.78, 5) is 7.09. The summed E-state index contributed by atoms with van der Waals surface area (Å²) in [6.07, 6.45) is 2.60. The van der Waals surface area contributed by atoms with Crippen molar-refractivity contribution in [3.8, 4) is 11.5 Å². The molecule has 19 heavy (non-hydrogen) atoms. The first-order valence-electron chi connectivity index (χ1n) is 6.67. The number of aromatic nitrogens is 1. The maximum Gasteiger partial charge on any atom is 0.226 e. The van der Waals surface area contributed by atoms with Gasteiger partial charge in [-0.05, 0) is 57.1 Å². The highest BCUT2D eigenvalue weighted by Gasteiger charge is 2.17. The minimum absolute atomic E-state index is 0.721. The van der Waals surface area contributed by atoms with Crippen LogP contribution in [0.15, 0.2) is 33.2 Å². The lowest BCUT2D eigenvalue weighted by Gasteiger charge is -2.12. The van der Waals surface area contributed by atoms with E-state index < -0.39 is 0 Å². The molecule has 0 radical (unpaired) electrons. The van der Waals surface area contributed by atoms with Gasteiger partial charge in [0.15, 0.2) is 0 Å². The van der Waals surface area contributed by atoms with Gasteiger partial charge in [0.05, 0.1) is 5.69 Å². The average Bonchev–Trinajstić information content (AvgIpc) is 3.02. The van der Waals surface area contributed by atoms with E-state index in [4.69, 9.17) is 4.42 Å². The maximum atomic E-state index is 5.80. The molecule has 0 unspecified atom stereocenters. The first-order valence-corrected chi connectivity index (χ1v) is 7.46. The van der Waals surface area contributed by atoms with Crippen LogP contribution >= 0.6 is 15.9 Å². The van der Waals surface area contributed by atoms with Crippen LogP contribution in [-0.4, -0.2) is 23.0 Å². The molecule has 2 aromatic rings. The van der Waals surface area contributed by atoms with E-state index in [2.05, 4.69) is 25.8 Å². The van der Waals surface area contributed by atoms with Crippen molar-refractivity contribution in [2.24, 2.45) is 0 Å². The Labute approximate surface area is 121 Å². The summed E-state index contributed by atoms with van der Waals surface area (Å²) in [7, 11) is 0. The molecular formula is C15H17BrN2O. The summed E-state index contributed by atoms with van der Waals surface area (Å²) in [6.45, 7) is 5.27. The lowest BCUT2D eigenvalue weighted by Crippen LogP contribution is -2.19. The standard InChI is InChI=1S/C15H17BrN2O/c1-11-14(10-18-8-2-3-9-18)17-15(19-11)12-4-6-13(16)7-5-12/h4-7H,2-3,8-10H2,1H3. The fourth-order valence-corrected chi connectivity index (χ4v) is 2.71. The largest absolute Gasteiger partial charge is 0.441 e. The van der Waals surface area contributed by atoms with Gasteiger partial charge in [-0.25, -0.2) is 4.98 Å². The second-order valence-electron chi connectivity index (χ2n) is 5.01. The third-order valence-electron chi connectivity index (χ3n) is 3.56. The van der Waals surface area contributed by atoms with Gasteiger partial charge in [0, 0.05) is 16.6 Å². The van der Waals surface area contributed by atoms with E-state index >= 15 is 0 Å².